The highest BCUT2D eigenvalue weighted by Gasteiger charge is 2.19. The largest absolute Gasteiger partial charge is 0.489 e. The van der Waals surface area contributed by atoms with Crippen LogP contribution < -0.4 is 15.2 Å². The normalized spacial score (nSPS) is 12.4. The number of benzene rings is 2. The molecule has 8 nitrogen and oxygen atoms in total. The molecule has 0 saturated heterocycles. The standard InChI is InChI=1S/C15H17N3O5S/c1-11(23-12-5-3-2-4-6-12)10-17-14-8-7-13(24(16,21)22)9-15(14)18(19)20/h2-9,11,17H,10H2,1H3,(H2,16,21,22). The van der Waals surface area contributed by atoms with Crippen LogP contribution in [0.4, 0.5) is 11.4 Å². The Hall–Kier alpha value is -2.65. The van der Waals surface area contributed by atoms with Crippen LogP contribution in [-0.2, 0) is 10.0 Å². The summed E-state index contributed by atoms with van der Waals surface area (Å²) in [4.78, 5) is 10.2. The molecule has 3 N–H and O–H groups in total. The van der Waals surface area contributed by atoms with E-state index in [0.717, 1.165) is 6.07 Å². The molecule has 9 heteroatoms. The fraction of sp³-hybridized carbons (Fsp3) is 0.200. The van der Waals surface area contributed by atoms with Gasteiger partial charge in [0.15, 0.2) is 0 Å². The summed E-state index contributed by atoms with van der Waals surface area (Å²) >= 11 is 0. The second-order valence-corrected chi connectivity index (χ2v) is 6.66. The molecule has 128 valence electrons. The maximum absolute atomic E-state index is 11.3. The minimum Gasteiger partial charge on any atom is -0.489 e. The predicted molar refractivity (Wildman–Crippen MR) is 89.5 cm³/mol. The lowest BCUT2D eigenvalue weighted by molar-refractivity contribution is -0.384. The van der Waals surface area contributed by atoms with Crippen molar-refractivity contribution in [3.05, 3.63) is 58.6 Å². The van der Waals surface area contributed by atoms with Crippen LogP contribution in [0.2, 0.25) is 0 Å². The molecule has 0 aliphatic carbocycles. The van der Waals surface area contributed by atoms with Gasteiger partial charge < -0.3 is 10.1 Å². The summed E-state index contributed by atoms with van der Waals surface area (Å²) < 4.78 is 28.3. The van der Waals surface area contributed by atoms with Crippen LogP contribution in [0.1, 0.15) is 6.92 Å². The molecule has 2 aromatic rings. The molecule has 2 rings (SSSR count). The number of nitrogens with one attached hydrogen (secondary N) is 1. The van der Waals surface area contributed by atoms with E-state index in [4.69, 9.17) is 9.88 Å². The summed E-state index contributed by atoms with van der Waals surface area (Å²) in [7, 11) is -4.00. The van der Waals surface area contributed by atoms with Gasteiger partial charge in [0.2, 0.25) is 10.0 Å². The third-order valence-electron chi connectivity index (χ3n) is 3.15. The molecule has 0 bridgehead atoms. The number of nitro benzene ring substituents is 1. The number of hydrogen-bond acceptors (Lipinski definition) is 6. The number of nitro groups is 1. The van der Waals surface area contributed by atoms with E-state index in [1.54, 1.807) is 12.1 Å². The summed E-state index contributed by atoms with van der Waals surface area (Å²) in [6, 6.07) is 12.6. The van der Waals surface area contributed by atoms with Gasteiger partial charge in [0, 0.05) is 6.07 Å². The highest BCUT2D eigenvalue weighted by atomic mass is 32.2. The second-order valence-electron chi connectivity index (χ2n) is 5.10. The summed E-state index contributed by atoms with van der Waals surface area (Å²) in [6.07, 6.45) is -0.259. The van der Waals surface area contributed by atoms with Gasteiger partial charge in [-0.3, -0.25) is 10.1 Å². The first kappa shape index (κ1) is 17.7. The molecule has 0 fully saturated rings. The number of anilines is 1. The molecule has 1 atom stereocenters. The Kier molecular flexibility index (Phi) is 5.37. The zero-order valence-corrected chi connectivity index (χ0v) is 13.7. The lowest BCUT2D eigenvalue weighted by Crippen LogP contribution is -2.23. The highest BCUT2D eigenvalue weighted by Crippen LogP contribution is 2.27. The zero-order chi connectivity index (χ0) is 17.7. The van der Waals surface area contributed by atoms with E-state index in [-0.39, 0.29) is 22.4 Å². The first-order valence-corrected chi connectivity index (χ1v) is 8.59. The van der Waals surface area contributed by atoms with Gasteiger partial charge in [0.1, 0.15) is 17.5 Å². The van der Waals surface area contributed by atoms with Gasteiger partial charge in [-0.05, 0) is 31.2 Å². The van der Waals surface area contributed by atoms with Crippen molar-refractivity contribution in [2.75, 3.05) is 11.9 Å². The number of hydrogen-bond donors (Lipinski definition) is 2. The smallest absolute Gasteiger partial charge is 0.293 e. The predicted octanol–water partition coefficient (Wildman–Crippen LogP) is 2.12. The van der Waals surface area contributed by atoms with Crippen molar-refractivity contribution in [1.29, 1.82) is 0 Å². The van der Waals surface area contributed by atoms with Crippen molar-refractivity contribution in [1.82, 2.24) is 0 Å². The van der Waals surface area contributed by atoms with Gasteiger partial charge in [-0.2, -0.15) is 0 Å². The van der Waals surface area contributed by atoms with E-state index in [1.165, 1.54) is 12.1 Å². The van der Waals surface area contributed by atoms with Gasteiger partial charge in [-0.25, -0.2) is 13.6 Å². The van der Waals surface area contributed by atoms with Crippen LogP contribution in [0.3, 0.4) is 0 Å². The molecular weight excluding hydrogens is 334 g/mol. The molecule has 0 amide bonds. The Morgan fingerprint density at radius 3 is 2.50 bits per heavy atom. The van der Waals surface area contributed by atoms with E-state index >= 15 is 0 Å². The molecule has 0 spiro atoms. The van der Waals surface area contributed by atoms with Gasteiger partial charge in [-0.15, -0.1) is 0 Å². The fourth-order valence-electron chi connectivity index (χ4n) is 2.02. The monoisotopic (exact) mass is 351 g/mol. The van der Waals surface area contributed by atoms with E-state index in [1.807, 2.05) is 25.1 Å². The molecule has 2 aromatic carbocycles. The zero-order valence-electron chi connectivity index (χ0n) is 12.9. The van der Waals surface area contributed by atoms with Crippen LogP contribution >= 0.6 is 0 Å². The number of para-hydroxylation sites is 1. The van der Waals surface area contributed by atoms with Crippen LogP contribution in [0.15, 0.2) is 53.4 Å². The summed E-state index contributed by atoms with van der Waals surface area (Å²) in [5.41, 5.74) is -0.177. The first-order chi connectivity index (χ1) is 11.3. The minimum absolute atomic E-state index is 0.191. The summed E-state index contributed by atoms with van der Waals surface area (Å²) in [5, 5.41) is 19.0. The number of rotatable bonds is 7. The Morgan fingerprint density at radius 2 is 1.92 bits per heavy atom. The van der Waals surface area contributed by atoms with Gasteiger partial charge >= 0.3 is 0 Å². The molecule has 0 radical (unpaired) electrons. The van der Waals surface area contributed by atoms with Gasteiger partial charge in [0.05, 0.1) is 16.4 Å². The number of ether oxygens (including phenoxy) is 1. The maximum atomic E-state index is 11.3. The highest BCUT2D eigenvalue weighted by molar-refractivity contribution is 7.89. The minimum atomic E-state index is -4.00. The van der Waals surface area contributed by atoms with Crippen molar-refractivity contribution < 1.29 is 18.1 Å². The van der Waals surface area contributed by atoms with Gasteiger partial charge in [0.25, 0.3) is 5.69 Å². The van der Waals surface area contributed by atoms with E-state index in [0.29, 0.717) is 12.3 Å². The molecule has 0 aliphatic rings. The number of primary sulfonamides is 1. The Bertz CT molecular complexity index is 824. The van der Waals surface area contributed by atoms with Crippen LogP contribution in [-0.4, -0.2) is 26.0 Å². The molecular formula is C15H17N3O5S. The average molecular weight is 351 g/mol. The average Bonchev–Trinajstić information content (AvgIpc) is 2.52. The SMILES string of the molecule is CC(CNc1ccc(S(N)(=O)=O)cc1[N+](=O)[O-])Oc1ccccc1. The second kappa shape index (κ2) is 7.28. The maximum Gasteiger partial charge on any atom is 0.293 e. The Labute approximate surface area is 139 Å². The third kappa shape index (κ3) is 4.67. The van der Waals surface area contributed by atoms with E-state index in [2.05, 4.69) is 5.32 Å². The van der Waals surface area contributed by atoms with Gasteiger partial charge in [-0.1, -0.05) is 18.2 Å². The topological polar surface area (TPSA) is 125 Å². The lowest BCUT2D eigenvalue weighted by Gasteiger charge is -2.16. The molecule has 0 heterocycles. The Morgan fingerprint density at radius 1 is 1.25 bits per heavy atom. The Balaban J connectivity index is 2.10. The van der Waals surface area contributed by atoms with E-state index < -0.39 is 14.9 Å². The van der Waals surface area contributed by atoms with Crippen molar-refractivity contribution in [3.63, 3.8) is 0 Å². The summed E-state index contributed by atoms with van der Waals surface area (Å²) in [5.74, 6) is 0.686. The molecule has 0 saturated carbocycles. The fourth-order valence-corrected chi connectivity index (χ4v) is 2.55. The van der Waals surface area contributed by atoms with Crippen LogP contribution in [0.25, 0.3) is 0 Å². The number of nitrogens with two attached hydrogens (primary N) is 1. The summed E-state index contributed by atoms with van der Waals surface area (Å²) in [6.45, 7) is 2.11. The number of nitrogens with zero attached hydrogens (tertiary/aromatic N) is 1. The molecule has 1 unspecified atom stereocenters. The van der Waals surface area contributed by atoms with Crippen molar-refractivity contribution >= 4 is 21.4 Å². The van der Waals surface area contributed by atoms with Crippen LogP contribution in [0, 0.1) is 10.1 Å². The van der Waals surface area contributed by atoms with Crippen LogP contribution in [0.5, 0.6) is 5.75 Å². The number of sulfonamides is 1. The molecule has 0 aliphatic heterocycles. The first-order valence-electron chi connectivity index (χ1n) is 7.04. The van der Waals surface area contributed by atoms with Crippen molar-refractivity contribution in [3.8, 4) is 5.75 Å². The molecule has 0 aromatic heterocycles. The van der Waals surface area contributed by atoms with E-state index in [9.17, 15) is 18.5 Å². The van der Waals surface area contributed by atoms with Crippen molar-refractivity contribution in [2.24, 2.45) is 5.14 Å². The molecule has 24 heavy (non-hydrogen) atoms. The third-order valence-corrected chi connectivity index (χ3v) is 4.07. The van der Waals surface area contributed by atoms with Crippen molar-refractivity contribution in [2.45, 2.75) is 17.9 Å². The lowest BCUT2D eigenvalue weighted by atomic mass is 10.2. The quantitative estimate of drug-likeness (QED) is 0.581.